The fraction of sp³-hybridized carbons (Fsp3) is 0.333. The quantitative estimate of drug-likeness (QED) is 0.805. The van der Waals surface area contributed by atoms with Crippen molar-refractivity contribution in [3.63, 3.8) is 0 Å². The molecule has 0 saturated carbocycles. The van der Waals surface area contributed by atoms with Crippen LogP contribution < -0.4 is 9.47 Å². The summed E-state index contributed by atoms with van der Waals surface area (Å²) in [5.74, 6) is -0.589. The van der Waals surface area contributed by atoms with Crippen molar-refractivity contribution in [1.29, 1.82) is 0 Å². The fourth-order valence-corrected chi connectivity index (χ4v) is 4.58. The molecule has 0 spiro atoms. The van der Waals surface area contributed by atoms with E-state index < -0.39 is 9.84 Å². The van der Waals surface area contributed by atoms with E-state index in [1.54, 1.807) is 0 Å². The highest BCUT2D eigenvalue weighted by Gasteiger charge is 2.26. The van der Waals surface area contributed by atoms with Crippen LogP contribution in [0.5, 0.6) is 11.6 Å². The Bertz CT molecular complexity index is 976. The Morgan fingerprint density at radius 1 is 1.37 bits per heavy atom. The van der Waals surface area contributed by atoms with Gasteiger partial charge in [-0.3, -0.25) is 4.79 Å². The largest absolute Gasteiger partial charge is 0.495 e. The lowest BCUT2D eigenvalue weighted by atomic mass is 10.0. The number of sulfone groups is 1. The highest BCUT2D eigenvalue weighted by molar-refractivity contribution is 7.90. The summed E-state index contributed by atoms with van der Waals surface area (Å²) in [5.41, 5.74) is 0.562. The first kappa shape index (κ1) is 19.6. The van der Waals surface area contributed by atoms with Gasteiger partial charge in [0.05, 0.1) is 25.0 Å². The van der Waals surface area contributed by atoms with E-state index in [1.165, 1.54) is 37.6 Å². The van der Waals surface area contributed by atoms with E-state index in [9.17, 15) is 18.3 Å². The minimum Gasteiger partial charge on any atom is -0.495 e. The van der Waals surface area contributed by atoms with Crippen LogP contribution in [0.2, 0.25) is 5.02 Å². The Balaban J connectivity index is 1.93. The van der Waals surface area contributed by atoms with E-state index >= 15 is 0 Å². The van der Waals surface area contributed by atoms with Crippen molar-refractivity contribution < 1.29 is 27.8 Å². The minimum absolute atomic E-state index is 0.0321. The molecule has 144 valence electrons. The summed E-state index contributed by atoms with van der Waals surface area (Å²) >= 11 is 5.93. The van der Waals surface area contributed by atoms with E-state index in [0.717, 1.165) is 0 Å². The molecule has 1 N–H and O–H groups in total. The lowest BCUT2D eigenvalue weighted by Crippen LogP contribution is -2.16. The molecule has 0 bridgehead atoms. The van der Waals surface area contributed by atoms with Crippen LogP contribution in [0, 0.1) is 5.92 Å². The highest BCUT2D eigenvalue weighted by atomic mass is 35.5. The Hall–Kier alpha value is -2.16. The zero-order chi connectivity index (χ0) is 19.6. The molecule has 9 heteroatoms. The number of halogens is 1. The molecule has 1 atom stereocenters. The number of Topliss-reactive ketones (excluding diaryl/α,β-unsaturated/α-hetero) is 1. The third kappa shape index (κ3) is 4.23. The number of pyridine rings is 1. The van der Waals surface area contributed by atoms with Crippen molar-refractivity contribution in [2.75, 3.05) is 20.3 Å². The zero-order valence-corrected chi connectivity index (χ0v) is 16.1. The second kappa shape index (κ2) is 7.84. The van der Waals surface area contributed by atoms with E-state index in [-0.39, 0.29) is 64.2 Å². The number of hydrogen-bond donors (Lipinski definition) is 1. The standard InChI is InChI=1S/C18H18ClNO6S/c1-25-16-3-2-13(19)6-17(16)27(23,24)10-11-4-14-15(22)5-12(8-21)9-26-18(14)20-7-11/h2-4,6-7,12,21H,5,8-10H2,1H3/t12-/m0/s1. The van der Waals surface area contributed by atoms with Crippen molar-refractivity contribution in [3.05, 3.63) is 46.6 Å². The number of benzene rings is 1. The second-order valence-electron chi connectivity index (χ2n) is 6.24. The molecular weight excluding hydrogens is 394 g/mol. The molecule has 1 aliphatic heterocycles. The molecule has 2 heterocycles. The van der Waals surface area contributed by atoms with E-state index in [2.05, 4.69) is 4.98 Å². The van der Waals surface area contributed by atoms with Crippen LogP contribution in [0.1, 0.15) is 22.3 Å². The Morgan fingerprint density at radius 3 is 2.85 bits per heavy atom. The third-order valence-corrected chi connectivity index (χ3v) is 6.15. The molecule has 0 saturated heterocycles. The number of aliphatic hydroxyl groups is 1. The van der Waals surface area contributed by atoms with Gasteiger partial charge in [0.1, 0.15) is 10.6 Å². The summed E-state index contributed by atoms with van der Waals surface area (Å²) in [6.07, 6.45) is 1.48. The van der Waals surface area contributed by atoms with Gasteiger partial charge in [0.25, 0.3) is 0 Å². The third-order valence-electron chi connectivity index (χ3n) is 4.21. The van der Waals surface area contributed by atoms with Crippen LogP contribution in [-0.4, -0.2) is 44.6 Å². The summed E-state index contributed by atoms with van der Waals surface area (Å²) in [7, 11) is -2.41. The van der Waals surface area contributed by atoms with Crippen LogP contribution in [-0.2, 0) is 15.6 Å². The number of rotatable bonds is 5. The Morgan fingerprint density at radius 2 is 2.15 bits per heavy atom. The average molecular weight is 412 g/mol. The van der Waals surface area contributed by atoms with Gasteiger partial charge in [-0.05, 0) is 29.8 Å². The molecule has 27 heavy (non-hydrogen) atoms. The van der Waals surface area contributed by atoms with Crippen LogP contribution in [0.15, 0.2) is 35.4 Å². The number of carbonyl (C=O) groups is 1. The van der Waals surface area contributed by atoms with Gasteiger partial charge in [0, 0.05) is 30.2 Å². The van der Waals surface area contributed by atoms with Gasteiger partial charge in [-0.1, -0.05) is 11.6 Å². The minimum atomic E-state index is -3.79. The SMILES string of the molecule is COc1ccc(Cl)cc1S(=O)(=O)Cc1cnc2c(c1)C(=O)C[C@@H](CO)CO2. The van der Waals surface area contributed by atoms with Crippen LogP contribution in [0.4, 0.5) is 0 Å². The van der Waals surface area contributed by atoms with Gasteiger partial charge in [0.15, 0.2) is 15.6 Å². The van der Waals surface area contributed by atoms with Gasteiger partial charge in [-0.25, -0.2) is 13.4 Å². The summed E-state index contributed by atoms with van der Waals surface area (Å²) in [5, 5.41) is 9.53. The number of aromatic nitrogens is 1. The number of methoxy groups -OCH3 is 1. The smallest absolute Gasteiger partial charge is 0.224 e. The number of ketones is 1. The zero-order valence-electron chi connectivity index (χ0n) is 14.5. The second-order valence-corrected chi connectivity index (χ2v) is 8.63. The molecule has 1 aromatic heterocycles. The van der Waals surface area contributed by atoms with Crippen LogP contribution in [0.25, 0.3) is 0 Å². The molecular formula is C18H18ClNO6S. The van der Waals surface area contributed by atoms with Gasteiger partial charge in [-0.15, -0.1) is 0 Å². The maximum atomic E-state index is 12.8. The first-order valence-electron chi connectivity index (χ1n) is 8.16. The molecule has 0 amide bonds. The monoisotopic (exact) mass is 411 g/mol. The first-order chi connectivity index (χ1) is 12.8. The number of carbonyl (C=O) groups excluding carboxylic acids is 1. The van der Waals surface area contributed by atoms with Crippen molar-refractivity contribution in [3.8, 4) is 11.6 Å². The predicted octanol–water partition coefficient (Wildman–Crippen LogP) is 2.29. The van der Waals surface area contributed by atoms with Crippen molar-refractivity contribution in [1.82, 2.24) is 4.98 Å². The van der Waals surface area contributed by atoms with E-state index in [0.29, 0.717) is 5.56 Å². The molecule has 0 aliphatic carbocycles. The van der Waals surface area contributed by atoms with Crippen molar-refractivity contribution >= 4 is 27.2 Å². The topological polar surface area (TPSA) is 103 Å². The van der Waals surface area contributed by atoms with Gasteiger partial charge in [-0.2, -0.15) is 0 Å². The highest BCUT2D eigenvalue weighted by Crippen LogP contribution is 2.31. The lowest BCUT2D eigenvalue weighted by Gasteiger charge is -2.11. The maximum absolute atomic E-state index is 12.8. The fourth-order valence-electron chi connectivity index (χ4n) is 2.83. The van der Waals surface area contributed by atoms with Crippen molar-refractivity contribution in [2.24, 2.45) is 5.92 Å². The van der Waals surface area contributed by atoms with Gasteiger partial charge in [0.2, 0.25) is 5.88 Å². The normalized spacial score (nSPS) is 17.0. The first-order valence-corrected chi connectivity index (χ1v) is 10.2. The lowest BCUT2D eigenvalue weighted by molar-refractivity contribution is 0.0927. The molecule has 3 rings (SSSR count). The maximum Gasteiger partial charge on any atom is 0.224 e. The number of nitrogens with zero attached hydrogens (tertiary/aromatic N) is 1. The molecule has 1 aliphatic rings. The number of aliphatic hydroxyl groups excluding tert-OH is 1. The Kier molecular flexibility index (Phi) is 5.69. The van der Waals surface area contributed by atoms with Crippen LogP contribution in [0.3, 0.4) is 0 Å². The Labute approximate surface area is 161 Å². The van der Waals surface area contributed by atoms with Crippen LogP contribution >= 0.6 is 11.6 Å². The van der Waals surface area contributed by atoms with E-state index in [1.807, 2.05) is 0 Å². The summed E-state index contributed by atoms with van der Waals surface area (Å²) in [6.45, 7) is 0.00905. The molecule has 0 unspecified atom stereocenters. The molecule has 0 fully saturated rings. The average Bonchev–Trinajstić information content (AvgIpc) is 2.80. The molecule has 7 nitrogen and oxygen atoms in total. The summed E-state index contributed by atoms with van der Waals surface area (Å²) in [4.78, 5) is 16.4. The molecule has 2 aromatic rings. The summed E-state index contributed by atoms with van der Waals surface area (Å²) < 4.78 is 36.3. The summed E-state index contributed by atoms with van der Waals surface area (Å²) in [6, 6.07) is 5.82. The number of fused-ring (bicyclic) bond motifs is 1. The predicted molar refractivity (Wildman–Crippen MR) is 98.1 cm³/mol. The van der Waals surface area contributed by atoms with E-state index in [4.69, 9.17) is 21.1 Å². The molecule has 1 aromatic carbocycles. The molecule has 0 radical (unpaired) electrons. The van der Waals surface area contributed by atoms with Crippen molar-refractivity contribution in [2.45, 2.75) is 17.1 Å². The van der Waals surface area contributed by atoms with Gasteiger partial charge >= 0.3 is 0 Å². The van der Waals surface area contributed by atoms with Gasteiger partial charge < -0.3 is 14.6 Å². The number of ether oxygens (including phenoxy) is 2. The number of hydrogen-bond acceptors (Lipinski definition) is 7.